The minimum absolute atomic E-state index is 0.271. The third-order valence-electron chi connectivity index (χ3n) is 3.54. The Labute approximate surface area is 114 Å². The van der Waals surface area contributed by atoms with E-state index in [4.69, 9.17) is 0 Å². The smallest absolute Gasteiger partial charge is 0.347 e. The van der Waals surface area contributed by atoms with Crippen molar-refractivity contribution in [1.82, 2.24) is 4.90 Å². The van der Waals surface area contributed by atoms with Crippen molar-refractivity contribution in [3.63, 3.8) is 0 Å². The van der Waals surface area contributed by atoms with Gasteiger partial charge in [-0.05, 0) is 30.9 Å². The molecule has 19 heavy (non-hydrogen) atoms. The highest BCUT2D eigenvalue weighted by Gasteiger charge is 2.16. The van der Waals surface area contributed by atoms with Gasteiger partial charge in [-0.25, -0.2) is 4.79 Å². The molecule has 0 aromatic heterocycles. The number of amidine groups is 1. The number of nitrogens with one attached hydrogen (secondary N) is 1. The number of aryl methyl sites for hydroxylation is 2. The fourth-order valence-corrected chi connectivity index (χ4v) is 2.39. The Balaban J connectivity index is 2.15. The molecule has 0 unspecified atom stereocenters. The van der Waals surface area contributed by atoms with Gasteiger partial charge in [0.05, 0.1) is 0 Å². The van der Waals surface area contributed by atoms with Crippen LogP contribution in [0.1, 0.15) is 30.9 Å². The van der Waals surface area contributed by atoms with Gasteiger partial charge in [0, 0.05) is 25.7 Å². The molecule has 1 aliphatic heterocycles. The van der Waals surface area contributed by atoms with Gasteiger partial charge in [0.2, 0.25) is 0 Å². The second-order valence-corrected chi connectivity index (χ2v) is 4.95. The number of hydrogen-bond acceptors (Lipinski definition) is 1. The van der Waals surface area contributed by atoms with Crippen LogP contribution in [0.3, 0.4) is 0 Å². The van der Waals surface area contributed by atoms with Crippen molar-refractivity contribution in [3.05, 3.63) is 29.3 Å². The van der Waals surface area contributed by atoms with E-state index in [0.29, 0.717) is 0 Å². The van der Waals surface area contributed by atoms with Crippen LogP contribution in [0.15, 0.2) is 23.2 Å². The SMILES string of the molecule is CCc1cccc(C)c1NC(=O)/N=C1\CCCN1C. The lowest BCUT2D eigenvalue weighted by Gasteiger charge is -2.13. The molecule has 1 heterocycles. The van der Waals surface area contributed by atoms with E-state index >= 15 is 0 Å². The number of carbonyl (C=O) groups excluding carboxylic acids is 1. The number of para-hydroxylation sites is 1. The highest BCUT2D eigenvalue weighted by atomic mass is 16.2. The minimum Gasteiger partial charge on any atom is -0.363 e. The van der Waals surface area contributed by atoms with Crippen LogP contribution in [-0.4, -0.2) is 30.4 Å². The summed E-state index contributed by atoms with van der Waals surface area (Å²) in [6, 6.07) is 5.79. The van der Waals surface area contributed by atoms with Crippen LogP contribution in [0.5, 0.6) is 0 Å². The second-order valence-electron chi connectivity index (χ2n) is 4.95. The molecule has 2 rings (SSSR count). The molecule has 4 nitrogen and oxygen atoms in total. The van der Waals surface area contributed by atoms with Crippen LogP contribution in [-0.2, 0) is 6.42 Å². The normalized spacial score (nSPS) is 17.0. The number of amides is 2. The average molecular weight is 259 g/mol. The summed E-state index contributed by atoms with van der Waals surface area (Å²) in [5.41, 5.74) is 3.13. The first-order valence-electron chi connectivity index (χ1n) is 6.80. The minimum atomic E-state index is -0.271. The molecular formula is C15H21N3O. The number of anilines is 1. The van der Waals surface area contributed by atoms with Crippen molar-refractivity contribution < 1.29 is 4.79 Å². The summed E-state index contributed by atoms with van der Waals surface area (Å²) < 4.78 is 0. The Bertz CT molecular complexity index is 508. The lowest BCUT2D eigenvalue weighted by Crippen LogP contribution is -2.22. The maximum absolute atomic E-state index is 12.0. The predicted octanol–water partition coefficient (Wildman–Crippen LogP) is 3.21. The monoisotopic (exact) mass is 259 g/mol. The molecule has 1 saturated heterocycles. The van der Waals surface area contributed by atoms with E-state index in [1.807, 2.05) is 37.1 Å². The van der Waals surface area contributed by atoms with Crippen LogP contribution < -0.4 is 5.32 Å². The number of carbonyl (C=O) groups is 1. The van der Waals surface area contributed by atoms with Crippen molar-refractivity contribution in [3.8, 4) is 0 Å². The van der Waals surface area contributed by atoms with Crippen molar-refractivity contribution in [2.75, 3.05) is 18.9 Å². The molecule has 1 N–H and O–H groups in total. The van der Waals surface area contributed by atoms with Crippen LogP contribution in [0.25, 0.3) is 0 Å². The standard InChI is InChI=1S/C15H21N3O/c1-4-12-8-5-7-11(2)14(12)17-15(19)16-13-9-6-10-18(13)3/h5,7-8H,4,6,9-10H2,1-3H3,(H,17,19)/b16-13+. The van der Waals surface area contributed by atoms with Crippen molar-refractivity contribution in [2.24, 2.45) is 4.99 Å². The van der Waals surface area contributed by atoms with E-state index in [1.54, 1.807) is 0 Å². The predicted molar refractivity (Wildman–Crippen MR) is 78.9 cm³/mol. The highest BCUT2D eigenvalue weighted by Crippen LogP contribution is 2.21. The molecule has 1 aromatic carbocycles. The number of likely N-dealkylation sites (tertiary alicyclic amines) is 1. The molecule has 0 bridgehead atoms. The molecule has 2 amide bonds. The third kappa shape index (κ3) is 3.13. The van der Waals surface area contributed by atoms with Gasteiger partial charge >= 0.3 is 6.03 Å². The summed E-state index contributed by atoms with van der Waals surface area (Å²) in [4.78, 5) is 18.2. The summed E-state index contributed by atoms with van der Waals surface area (Å²) in [6.07, 6.45) is 2.86. The van der Waals surface area contributed by atoms with Crippen LogP contribution in [0.2, 0.25) is 0 Å². The summed E-state index contributed by atoms with van der Waals surface area (Å²) in [5.74, 6) is 0.879. The lowest BCUT2D eigenvalue weighted by atomic mass is 10.1. The fraction of sp³-hybridized carbons (Fsp3) is 0.467. The van der Waals surface area contributed by atoms with Crippen LogP contribution in [0.4, 0.5) is 10.5 Å². The molecule has 4 heteroatoms. The van der Waals surface area contributed by atoms with E-state index in [2.05, 4.69) is 17.2 Å². The number of urea groups is 1. The number of hydrogen-bond donors (Lipinski definition) is 1. The molecule has 1 aromatic rings. The first-order chi connectivity index (χ1) is 9.11. The van der Waals surface area contributed by atoms with Crippen molar-refractivity contribution >= 4 is 17.6 Å². The maximum atomic E-state index is 12.0. The fourth-order valence-electron chi connectivity index (χ4n) is 2.39. The van der Waals surface area contributed by atoms with Gasteiger partial charge in [-0.15, -0.1) is 0 Å². The zero-order valence-electron chi connectivity index (χ0n) is 11.9. The molecule has 0 aliphatic carbocycles. The van der Waals surface area contributed by atoms with E-state index in [9.17, 15) is 4.79 Å². The number of benzene rings is 1. The van der Waals surface area contributed by atoms with Gasteiger partial charge in [-0.3, -0.25) is 0 Å². The second kappa shape index (κ2) is 5.87. The largest absolute Gasteiger partial charge is 0.363 e. The molecular weight excluding hydrogens is 238 g/mol. The van der Waals surface area contributed by atoms with Gasteiger partial charge in [-0.2, -0.15) is 4.99 Å². The maximum Gasteiger partial charge on any atom is 0.347 e. The molecule has 1 aliphatic rings. The van der Waals surface area contributed by atoms with E-state index in [-0.39, 0.29) is 6.03 Å². The average Bonchev–Trinajstić information content (AvgIpc) is 2.77. The van der Waals surface area contributed by atoms with Crippen molar-refractivity contribution in [2.45, 2.75) is 33.1 Å². The Morgan fingerprint density at radius 1 is 1.47 bits per heavy atom. The summed E-state index contributed by atoms with van der Waals surface area (Å²) in [5, 5.41) is 2.92. The molecule has 0 saturated carbocycles. The van der Waals surface area contributed by atoms with E-state index in [0.717, 1.165) is 48.5 Å². The molecule has 1 fully saturated rings. The number of nitrogens with zero attached hydrogens (tertiary/aromatic N) is 2. The van der Waals surface area contributed by atoms with Crippen LogP contribution >= 0.6 is 0 Å². The Hall–Kier alpha value is -1.84. The van der Waals surface area contributed by atoms with Crippen LogP contribution in [0, 0.1) is 6.92 Å². The number of aliphatic imine (C=N–C) groups is 1. The summed E-state index contributed by atoms with van der Waals surface area (Å²) in [6.45, 7) is 5.07. The third-order valence-corrected chi connectivity index (χ3v) is 3.54. The van der Waals surface area contributed by atoms with Gasteiger partial charge in [0.1, 0.15) is 5.84 Å². The van der Waals surface area contributed by atoms with Gasteiger partial charge in [0.25, 0.3) is 0 Å². The molecule has 102 valence electrons. The van der Waals surface area contributed by atoms with Gasteiger partial charge < -0.3 is 10.2 Å². The van der Waals surface area contributed by atoms with Gasteiger partial charge in [0.15, 0.2) is 0 Å². The Kier molecular flexibility index (Phi) is 4.20. The Morgan fingerprint density at radius 2 is 2.26 bits per heavy atom. The quantitative estimate of drug-likeness (QED) is 0.886. The summed E-state index contributed by atoms with van der Waals surface area (Å²) >= 11 is 0. The topological polar surface area (TPSA) is 44.7 Å². The number of rotatable bonds is 2. The summed E-state index contributed by atoms with van der Waals surface area (Å²) in [7, 11) is 1.98. The van der Waals surface area contributed by atoms with E-state index in [1.165, 1.54) is 0 Å². The van der Waals surface area contributed by atoms with Gasteiger partial charge in [-0.1, -0.05) is 25.1 Å². The zero-order chi connectivity index (χ0) is 13.8. The first kappa shape index (κ1) is 13.6. The lowest BCUT2D eigenvalue weighted by molar-refractivity contribution is 0.259. The van der Waals surface area contributed by atoms with E-state index < -0.39 is 0 Å². The molecule has 0 spiro atoms. The first-order valence-corrected chi connectivity index (χ1v) is 6.80. The van der Waals surface area contributed by atoms with Crippen molar-refractivity contribution in [1.29, 1.82) is 0 Å². The molecule has 0 atom stereocenters. The highest BCUT2D eigenvalue weighted by molar-refractivity contribution is 6.01. The Morgan fingerprint density at radius 3 is 2.89 bits per heavy atom. The zero-order valence-corrected chi connectivity index (χ0v) is 11.9. The molecule has 0 radical (unpaired) electrons.